The van der Waals surface area contributed by atoms with Crippen molar-refractivity contribution in [2.45, 2.75) is 13.5 Å². The molecule has 0 fully saturated rings. The number of nitrogens with zero attached hydrogens (tertiary/aromatic N) is 4. The Balaban J connectivity index is 1.80. The fourth-order valence-corrected chi connectivity index (χ4v) is 3.17. The van der Waals surface area contributed by atoms with Gasteiger partial charge in [0.1, 0.15) is 0 Å². The van der Waals surface area contributed by atoms with Crippen LogP contribution in [0.3, 0.4) is 0 Å². The first-order valence-electron chi connectivity index (χ1n) is 9.12. The molecule has 4 rings (SSSR count). The second kappa shape index (κ2) is 7.59. The predicted molar refractivity (Wildman–Crippen MR) is 114 cm³/mol. The number of hydrogen-bond acceptors (Lipinski definition) is 5. The van der Waals surface area contributed by atoms with Crippen molar-refractivity contribution in [1.82, 2.24) is 19.1 Å². The topological polar surface area (TPSA) is 97.1 Å². The Bertz CT molecular complexity index is 1310. The number of aryl methyl sites for hydroxylation is 2. The van der Waals surface area contributed by atoms with Crippen LogP contribution in [0.2, 0.25) is 0 Å². The maximum atomic E-state index is 12.5. The van der Waals surface area contributed by atoms with Crippen molar-refractivity contribution in [1.29, 1.82) is 0 Å². The van der Waals surface area contributed by atoms with Crippen molar-refractivity contribution in [2.24, 2.45) is 12.1 Å². The summed E-state index contributed by atoms with van der Waals surface area (Å²) in [6.07, 6.45) is 1.67. The van der Waals surface area contributed by atoms with Crippen LogP contribution in [-0.2, 0) is 13.6 Å². The highest BCUT2D eigenvalue weighted by Crippen LogP contribution is 2.18. The molecule has 0 saturated carbocycles. The lowest BCUT2D eigenvalue weighted by molar-refractivity contribution is 0.808. The van der Waals surface area contributed by atoms with Gasteiger partial charge in [-0.1, -0.05) is 60.2 Å². The monoisotopic (exact) mass is 388 g/mol. The third kappa shape index (κ3) is 3.73. The Hall–Kier alpha value is -3.94. The lowest BCUT2D eigenvalue weighted by Crippen LogP contribution is -2.29. The van der Waals surface area contributed by atoms with Crippen LogP contribution < -0.4 is 16.7 Å². The normalized spacial score (nSPS) is 11.4. The second-order valence-electron chi connectivity index (χ2n) is 6.78. The van der Waals surface area contributed by atoms with Crippen LogP contribution in [0, 0.1) is 6.92 Å². The van der Waals surface area contributed by atoms with Gasteiger partial charge in [-0.05, 0) is 18.1 Å². The summed E-state index contributed by atoms with van der Waals surface area (Å²) in [5.41, 5.74) is 5.57. The molecule has 2 heterocycles. The zero-order chi connectivity index (χ0) is 20.4. The average molecular weight is 388 g/mol. The van der Waals surface area contributed by atoms with Crippen molar-refractivity contribution in [3.8, 4) is 0 Å². The van der Waals surface area contributed by atoms with Crippen molar-refractivity contribution in [3.05, 3.63) is 92.1 Å². The number of hydrazone groups is 1. The minimum Gasteiger partial charge on any atom is -0.298 e. The summed E-state index contributed by atoms with van der Waals surface area (Å²) in [7, 11) is 1.57. The minimum atomic E-state index is -0.512. The summed E-state index contributed by atoms with van der Waals surface area (Å²) in [4.78, 5) is 31.3. The molecule has 0 unspecified atom stereocenters. The number of benzene rings is 2. The van der Waals surface area contributed by atoms with Gasteiger partial charge in [0.2, 0.25) is 5.95 Å². The number of aromatic nitrogens is 4. The summed E-state index contributed by atoms with van der Waals surface area (Å²) in [6, 6.07) is 17.6. The van der Waals surface area contributed by atoms with Crippen LogP contribution in [0.5, 0.6) is 0 Å². The lowest BCUT2D eigenvalue weighted by atomic mass is 10.1. The first-order valence-corrected chi connectivity index (χ1v) is 9.12. The van der Waals surface area contributed by atoms with Gasteiger partial charge in [-0.25, -0.2) is 10.2 Å². The maximum absolute atomic E-state index is 12.5. The molecule has 8 nitrogen and oxygen atoms in total. The summed E-state index contributed by atoms with van der Waals surface area (Å²) in [5, 5.41) is 4.25. The van der Waals surface area contributed by atoms with Crippen LogP contribution in [-0.4, -0.2) is 25.3 Å². The first kappa shape index (κ1) is 18.4. The molecule has 0 bridgehead atoms. The molecule has 4 aromatic rings. The molecular formula is C21H20N6O2. The molecule has 2 N–H and O–H groups in total. The van der Waals surface area contributed by atoms with E-state index in [0.717, 1.165) is 16.7 Å². The van der Waals surface area contributed by atoms with Gasteiger partial charge in [-0.15, -0.1) is 0 Å². The van der Waals surface area contributed by atoms with E-state index in [4.69, 9.17) is 0 Å². The van der Waals surface area contributed by atoms with Gasteiger partial charge in [0.25, 0.3) is 5.56 Å². The van der Waals surface area contributed by atoms with Gasteiger partial charge in [-0.2, -0.15) is 10.1 Å². The number of imidazole rings is 1. The first-order chi connectivity index (χ1) is 14.0. The van der Waals surface area contributed by atoms with E-state index >= 15 is 0 Å². The number of rotatable bonds is 5. The van der Waals surface area contributed by atoms with Crippen LogP contribution >= 0.6 is 0 Å². The van der Waals surface area contributed by atoms with Gasteiger partial charge in [0.15, 0.2) is 11.2 Å². The van der Waals surface area contributed by atoms with Gasteiger partial charge in [0.05, 0.1) is 12.8 Å². The SMILES string of the molecule is Cc1cccc(Cn2c(N/N=C\c3ccccc3)nc3c2c(=O)[nH]c(=O)n3C)c1. The quantitative estimate of drug-likeness (QED) is 0.405. The molecule has 0 aliphatic carbocycles. The Morgan fingerprint density at radius 3 is 2.69 bits per heavy atom. The molecule has 146 valence electrons. The van der Waals surface area contributed by atoms with Gasteiger partial charge < -0.3 is 0 Å². The van der Waals surface area contributed by atoms with Crippen LogP contribution in [0.4, 0.5) is 5.95 Å². The standard InChI is InChI=1S/C21H20N6O2/c1-14-7-6-10-16(11-14)13-27-17-18(26(2)21(29)24-19(17)28)23-20(27)25-22-12-15-8-4-3-5-9-15/h3-12H,13H2,1-2H3,(H,23,25)(H,24,28,29)/b22-12-. The Labute approximate surface area is 166 Å². The average Bonchev–Trinajstić information content (AvgIpc) is 3.06. The van der Waals surface area contributed by atoms with E-state index in [0.29, 0.717) is 23.7 Å². The molecule has 0 atom stereocenters. The second-order valence-corrected chi connectivity index (χ2v) is 6.78. The zero-order valence-electron chi connectivity index (χ0n) is 16.1. The third-order valence-electron chi connectivity index (χ3n) is 4.61. The van der Waals surface area contributed by atoms with E-state index in [1.807, 2.05) is 61.5 Å². The zero-order valence-corrected chi connectivity index (χ0v) is 16.1. The number of aromatic amines is 1. The highest BCUT2D eigenvalue weighted by atomic mass is 16.2. The highest BCUT2D eigenvalue weighted by molar-refractivity contribution is 5.80. The summed E-state index contributed by atoms with van der Waals surface area (Å²) >= 11 is 0. The number of hydrogen-bond donors (Lipinski definition) is 2. The van der Waals surface area contributed by atoms with Crippen LogP contribution in [0.1, 0.15) is 16.7 Å². The molecule has 0 spiro atoms. The fraction of sp³-hybridized carbons (Fsp3) is 0.143. The molecule has 2 aromatic carbocycles. The number of fused-ring (bicyclic) bond motifs is 1. The van der Waals surface area contributed by atoms with E-state index < -0.39 is 11.2 Å². The van der Waals surface area contributed by atoms with Gasteiger partial charge in [-0.3, -0.25) is 18.9 Å². The number of nitrogens with one attached hydrogen (secondary N) is 2. The number of H-pyrrole nitrogens is 1. The molecule has 0 aliphatic rings. The predicted octanol–water partition coefficient (Wildman–Crippen LogP) is 2.23. The molecule has 29 heavy (non-hydrogen) atoms. The van der Waals surface area contributed by atoms with Crippen molar-refractivity contribution in [2.75, 3.05) is 5.43 Å². The molecule has 0 saturated heterocycles. The van der Waals surface area contributed by atoms with Crippen molar-refractivity contribution < 1.29 is 0 Å². The minimum absolute atomic E-state index is 0.295. The molecule has 0 amide bonds. The maximum Gasteiger partial charge on any atom is 0.329 e. The van der Waals surface area contributed by atoms with Crippen molar-refractivity contribution in [3.63, 3.8) is 0 Å². The van der Waals surface area contributed by atoms with Gasteiger partial charge in [0, 0.05) is 7.05 Å². The molecule has 2 aromatic heterocycles. The smallest absolute Gasteiger partial charge is 0.298 e. The Kier molecular flexibility index (Phi) is 4.82. The largest absolute Gasteiger partial charge is 0.329 e. The third-order valence-corrected chi connectivity index (χ3v) is 4.61. The fourth-order valence-electron chi connectivity index (χ4n) is 3.17. The summed E-state index contributed by atoms with van der Waals surface area (Å²) in [5.74, 6) is 0.375. The lowest BCUT2D eigenvalue weighted by Gasteiger charge is -2.09. The van der Waals surface area contributed by atoms with E-state index in [9.17, 15) is 9.59 Å². The van der Waals surface area contributed by atoms with Crippen molar-refractivity contribution >= 4 is 23.3 Å². The van der Waals surface area contributed by atoms with E-state index in [1.54, 1.807) is 17.8 Å². The molecular weight excluding hydrogens is 368 g/mol. The molecule has 8 heteroatoms. The Morgan fingerprint density at radius 1 is 1.14 bits per heavy atom. The van der Waals surface area contributed by atoms with Crippen LogP contribution in [0.15, 0.2) is 69.3 Å². The number of anilines is 1. The highest BCUT2D eigenvalue weighted by Gasteiger charge is 2.17. The van der Waals surface area contributed by atoms with Gasteiger partial charge >= 0.3 is 5.69 Å². The van der Waals surface area contributed by atoms with E-state index in [-0.39, 0.29) is 0 Å². The van der Waals surface area contributed by atoms with E-state index in [1.165, 1.54) is 4.57 Å². The van der Waals surface area contributed by atoms with Crippen LogP contribution in [0.25, 0.3) is 11.2 Å². The van der Waals surface area contributed by atoms with E-state index in [2.05, 4.69) is 20.5 Å². The molecule has 0 aliphatic heterocycles. The summed E-state index contributed by atoms with van der Waals surface area (Å²) in [6.45, 7) is 2.41. The molecule has 0 radical (unpaired) electrons. The summed E-state index contributed by atoms with van der Waals surface area (Å²) < 4.78 is 3.04. The Morgan fingerprint density at radius 2 is 1.93 bits per heavy atom.